The van der Waals surface area contributed by atoms with E-state index in [4.69, 9.17) is 14.7 Å². The highest BCUT2D eigenvalue weighted by atomic mass is 28.3. The lowest BCUT2D eigenvalue weighted by molar-refractivity contribution is -0.433. The third kappa shape index (κ3) is 10.3. The summed E-state index contributed by atoms with van der Waals surface area (Å²) < 4.78 is 25.9. The topological polar surface area (TPSA) is 123 Å². The third-order valence-corrected chi connectivity index (χ3v) is 1.39. The fourth-order valence-corrected chi connectivity index (χ4v) is 0.756. The van der Waals surface area contributed by atoms with Crippen LogP contribution in [0.1, 0.15) is 0 Å². The molecule has 0 atom stereocenters. The molecule has 0 bridgehead atoms. The van der Waals surface area contributed by atoms with Gasteiger partial charge in [0.1, 0.15) is 5.75 Å². The van der Waals surface area contributed by atoms with Crippen molar-refractivity contribution in [3.8, 4) is 5.75 Å². The smallest absolute Gasteiger partial charge is 0.510 e. The highest BCUT2D eigenvalue weighted by Crippen LogP contribution is 2.02. The van der Waals surface area contributed by atoms with Crippen LogP contribution in [-0.2, 0) is 23.1 Å². The predicted molar refractivity (Wildman–Crippen MR) is 48.7 cm³/mol. The van der Waals surface area contributed by atoms with E-state index >= 15 is 0 Å². The first-order valence-electron chi connectivity index (χ1n) is 3.73. The van der Waals surface area contributed by atoms with Gasteiger partial charge in [0.2, 0.25) is 0 Å². The molecule has 0 saturated carbocycles. The molecule has 0 fully saturated rings. The standard InChI is InChI=1S/C6H6O.H2O7Si2/c7-6-4-2-1-3-5-6;1-8(2)6-5-7-9(3)4/h1-5,7H;1,3H. The number of hydrogen-bond acceptors (Lipinski definition) is 6. The van der Waals surface area contributed by atoms with Gasteiger partial charge in [-0.05, 0) is 12.1 Å². The van der Waals surface area contributed by atoms with Gasteiger partial charge in [0.15, 0.2) is 0 Å². The first kappa shape index (κ1) is 14.2. The summed E-state index contributed by atoms with van der Waals surface area (Å²) in [6.45, 7) is 0. The third-order valence-electron chi connectivity index (χ3n) is 0.967. The van der Waals surface area contributed by atoms with Crippen LogP contribution in [0.25, 0.3) is 0 Å². The Morgan fingerprint density at radius 1 is 0.938 bits per heavy atom. The van der Waals surface area contributed by atoms with Gasteiger partial charge in [0.25, 0.3) is 0 Å². The molecule has 0 aromatic heterocycles. The Hall–Kier alpha value is -1.79. The zero-order valence-corrected chi connectivity index (χ0v) is 9.77. The Morgan fingerprint density at radius 3 is 1.62 bits per heavy atom. The summed E-state index contributed by atoms with van der Waals surface area (Å²) in [4.78, 5) is 15.6. The predicted octanol–water partition coefficient (Wildman–Crippen LogP) is -0.926. The molecule has 0 aliphatic carbocycles. The molecule has 0 aliphatic rings. The monoisotopic (exact) mass is 264 g/mol. The van der Waals surface area contributed by atoms with Crippen LogP contribution in [0.3, 0.4) is 0 Å². The maximum atomic E-state index is 9.57. The van der Waals surface area contributed by atoms with Crippen LogP contribution in [0, 0.1) is 0 Å². The molecule has 88 valence electrons. The second-order valence-electron chi connectivity index (χ2n) is 2.10. The summed E-state index contributed by atoms with van der Waals surface area (Å²) in [5.74, 6) is 0.322. The van der Waals surface area contributed by atoms with Crippen molar-refractivity contribution in [3.05, 3.63) is 30.3 Å². The minimum absolute atomic E-state index is 0.322. The number of aromatic hydroxyl groups is 1. The van der Waals surface area contributed by atoms with Crippen molar-refractivity contribution < 1.29 is 37.8 Å². The van der Waals surface area contributed by atoms with Crippen LogP contribution < -0.4 is 0 Å². The van der Waals surface area contributed by atoms with Crippen molar-refractivity contribution >= 4 is 18.3 Å². The van der Waals surface area contributed by atoms with Crippen LogP contribution >= 0.6 is 0 Å². The lowest BCUT2D eigenvalue weighted by atomic mass is 10.3. The number of benzene rings is 1. The van der Waals surface area contributed by atoms with E-state index in [0.29, 0.717) is 5.75 Å². The molecular weight excluding hydrogens is 256 g/mol. The number of phenolic OH excluding ortho intramolecular Hbond substituents is 1. The van der Waals surface area contributed by atoms with E-state index in [0.717, 1.165) is 0 Å². The van der Waals surface area contributed by atoms with E-state index in [1.807, 2.05) is 6.07 Å². The maximum absolute atomic E-state index is 9.57. The van der Waals surface area contributed by atoms with Crippen molar-refractivity contribution in [1.82, 2.24) is 0 Å². The Kier molecular flexibility index (Phi) is 7.57. The summed E-state index contributed by atoms with van der Waals surface area (Å²) in [7, 11) is -6.52. The largest absolute Gasteiger partial charge is 0.801 e. The lowest BCUT2D eigenvalue weighted by Crippen LogP contribution is -2.11. The van der Waals surface area contributed by atoms with Gasteiger partial charge in [0.05, 0.1) is 0 Å². The Labute approximate surface area is 92.9 Å². The molecular formula is C6H8O8Si2. The van der Waals surface area contributed by atoms with Crippen molar-refractivity contribution in [2.45, 2.75) is 0 Å². The highest BCUT2D eigenvalue weighted by Gasteiger charge is 2.10. The minimum Gasteiger partial charge on any atom is -0.510 e. The highest BCUT2D eigenvalue weighted by molar-refractivity contribution is 6.24. The van der Waals surface area contributed by atoms with Crippen molar-refractivity contribution in [2.75, 3.05) is 0 Å². The fourth-order valence-electron chi connectivity index (χ4n) is 0.503. The molecule has 0 spiro atoms. The molecule has 3 N–H and O–H groups in total. The van der Waals surface area contributed by atoms with Gasteiger partial charge in [-0.1, -0.05) is 18.2 Å². The Morgan fingerprint density at radius 2 is 1.38 bits per heavy atom. The quantitative estimate of drug-likeness (QED) is 0.362. The molecule has 0 amide bonds. The Bertz CT molecular complexity index is 315. The second kappa shape index (κ2) is 8.52. The molecule has 1 rings (SSSR count). The van der Waals surface area contributed by atoms with Gasteiger partial charge < -0.3 is 14.7 Å². The zero-order valence-electron chi connectivity index (χ0n) is 7.77. The zero-order chi connectivity index (χ0) is 12.4. The van der Waals surface area contributed by atoms with Crippen molar-refractivity contribution in [1.29, 1.82) is 0 Å². The molecule has 0 radical (unpaired) electrons. The number of para-hydroxylation sites is 1. The molecule has 1 aromatic carbocycles. The normalized spacial score (nSPS) is 8.25. The van der Waals surface area contributed by atoms with Crippen LogP contribution in [-0.4, -0.2) is 33.0 Å². The molecule has 0 unspecified atom stereocenters. The summed E-state index contributed by atoms with van der Waals surface area (Å²) in [6, 6.07) is 8.71. The average Bonchev–Trinajstić information content (AvgIpc) is 2.18. The van der Waals surface area contributed by atoms with Crippen LogP contribution in [0.2, 0.25) is 0 Å². The van der Waals surface area contributed by atoms with Gasteiger partial charge in [-0.3, -0.25) is 18.1 Å². The van der Waals surface area contributed by atoms with E-state index in [-0.39, 0.29) is 0 Å². The summed E-state index contributed by atoms with van der Waals surface area (Å²) in [6.07, 6.45) is 0. The average molecular weight is 264 g/mol. The van der Waals surface area contributed by atoms with Gasteiger partial charge in [-0.15, -0.1) is 0 Å². The number of rotatable bonds is 4. The van der Waals surface area contributed by atoms with E-state index < -0.39 is 18.3 Å². The van der Waals surface area contributed by atoms with Crippen LogP contribution in [0.5, 0.6) is 5.75 Å². The molecule has 0 saturated heterocycles. The van der Waals surface area contributed by atoms with Crippen LogP contribution in [0.15, 0.2) is 30.3 Å². The molecule has 10 heteroatoms. The molecule has 16 heavy (non-hydrogen) atoms. The minimum atomic E-state index is -3.26. The van der Waals surface area contributed by atoms with Gasteiger partial charge in [-0.25, -0.2) is 0 Å². The molecule has 0 aliphatic heterocycles. The summed E-state index contributed by atoms with van der Waals surface area (Å²) in [5.41, 5.74) is 0. The van der Waals surface area contributed by atoms with E-state index in [2.05, 4.69) is 14.2 Å². The van der Waals surface area contributed by atoms with Crippen molar-refractivity contribution in [2.24, 2.45) is 0 Å². The maximum Gasteiger partial charge on any atom is 0.801 e. The number of phenols is 1. The SMILES string of the molecule is O=[Si](O)OOO[Si](=O)O.Oc1ccccc1. The van der Waals surface area contributed by atoms with Crippen LogP contribution in [0.4, 0.5) is 0 Å². The first-order chi connectivity index (χ1) is 7.52. The van der Waals surface area contributed by atoms with Crippen molar-refractivity contribution in [3.63, 3.8) is 0 Å². The molecule has 8 nitrogen and oxygen atoms in total. The first-order valence-corrected chi connectivity index (χ1v) is 6.26. The second-order valence-corrected chi connectivity index (χ2v) is 3.50. The number of hydrogen-bond donors (Lipinski definition) is 3. The molecule has 1 aromatic rings. The van der Waals surface area contributed by atoms with E-state index in [9.17, 15) is 8.92 Å². The summed E-state index contributed by atoms with van der Waals surface area (Å²) >= 11 is 0. The molecule has 0 heterocycles. The summed E-state index contributed by atoms with van der Waals surface area (Å²) in [5, 5.41) is 12.0. The van der Waals surface area contributed by atoms with E-state index in [1.54, 1.807) is 24.3 Å². The van der Waals surface area contributed by atoms with Gasteiger partial charge in [0, 0.05) is 5.04 Å². The van der Waals surface area contributed by atoms with Gasteiger partial charge >= 0.3 is 18.3 Å². The van der Waals surface area contributed by atoms with E-state index in [1.165, 1.54) is 0 Å². The fraction of sp³-hybridized carbons (Fsp3) is 0. The lowest BCUT2D eigenvalue weighted by Gasteiger charge is -1.91. The Balaban J connectivity index is 0.000000288. The van der Waals surface area contributed by atoms with Gasteiger partial charge in [-0.2, -0.15) is 0 Å².